The van der Waals surface area contributed by atoms with Crippen molar-refractivity contribution in [3.8, 4) is 0 Å². The number of hydrogen-bond donors (Lipinski definition) is 2. The summed E-state index contributed by atoms with van der Waals surface area (Å²) in [6.07, 6.45) is 4.98. The standard InChI is InChI=1S/C28H30N4O4S2/c33-27(35-17-25-15-29-19-37-25)31-23(13-21-7-3-1-4-8-21)11-12-24(14-22-9-5-2-6-10-22)32-28(34)36-18-26-16-30-20-38-26/h1-10,15-16,19-20,23-24H,11-14,17-18H2,(H,31,33)(H,32,34)/t23-,24-/m0/s1. The number of nitrogens with zero attached hydrogens (tertiary/aromatic N) is 2. The molecule has 2 N–H and O–H groups in total. The Bertz CT molecular complexity index is 1120. The van der Waals surface area contributed by atoms with Gasteiger partial charge in [-0.2, -0.15) is 0 Å². The number of rotatable bonds is 13. The van der Waals surface area contributed by atoms with Crippen LogP contribution in [0.3, 0.4) is 0 Å². The first-order chi connectivity index (χ1) is 18.6. The minimum absolute atomic E-state index is 0.179. The first-order valence-corrected chi connectivity index (χ1v) is 14.1. The topological polar surface area (TPSA) is 102 Å². The molecule has 0 bridgehead atoms. The predicted molar refractivity (Wildman–Crippen MR) is 148 cm³/mol. The van der Waals surface area contributed by atoms with Crippen molar-refractivity contribution in [1.29, 1.82) is 0 Å². The zero-order valence-corrected chi connectivity index (χ0v) is 22.5. The molecule has 8 nitrogen and oxygen atoms in total. The van der Waals surface area contributed by atoms with Gasteiger partial charge in [0.15, 0.2) is 0 Å². The number of nitrogens with one attached hydrogen (secondary N) is 2. The fourth-order valence-corrected chi connectivity index (χ4v) is 4.98. The Balaban J connectivity index is 1.38. The number of hydrogen-bond acceptors (Lipinski definition) is 8. The molecule has 0 saturated carbocycles. The van der Waals surface area contributed by atoms with Crippen LogP contribution in [0.25, 0.3) is 0 Å². The molecular weight excluding hydrogens is 520 g/mol. The van der Waals surface area contributed by atoms with Gasteiger partial charge in [0.25, 0.3) is 0 Å². The summed E-state index contributed by atoms with van der Waals surface area (Å²) < 4.78 is 10.8. The highest BCUT2D eigenvalue weighted by molar-refractivity contribution is 7.09. The molecule has 0 spiro atoms. The third kappa shape index (κ3) is 9.60. The SMILES string of the molecule is O=C(N[C@@H](CC[C@@H](Cc1ccccc1)NC(=O)OCc1cncs1)Cc1ccccc1)OCc1cncs1. The quantitative estimate of drug-likeness (QED) is 0.220. The Kier molecular flexibility index (Phi) is 10.7. The van der Waals surface area contributed by atoms with Crippen LogP contribution >= 0.6 is 22.7 Å². The summed E-state index contributed by atoms with van der Waals surface area (Å²) >= 11 is 2.88. The average molecular weight is 551 g/mol. The summed E-state index contributed by atoms with van der Waals surface area (Å²) in [6, 6.07) is 19.6. The maximum absolute atomic E-state index is 12.6. The summed E-state index contributed by atoms with van der Waals surface area (Å²) in [5.74, 6) is 0. The van der Waals surface area contributed by atoms with E-state index in [4.69, 9.17) is 9.47 Å². The Morgan fingerprint density at radius 2 is 1.11 bits per heavy atom. The van der Waals surface area contributed by atoms with Crippen molar-refractivity contribution < 1.29 is 19.1 Å². The lowest BCUT2D eigenvalue weighted by Gasteiger charge is -2.23. The van der Waals surface area contributed by atoms with E-state index in [0.717, 1.165) is 20.9 Å². The number of thiazole rings is 2. The molecule has 2 heterocycles. The van der Waals surface area contributed by atoms with Crippen molar-refractivity contribution in [2.24, 2.45) is 0 Å². The Hall–Kier alpha value is -3.76. The summed E-state index contributed by atoms with van der Waals surface area (Å²) in [4.78, 5) is 35.0. The molecule has 4 aromatic rings. The molecule has 0 fully saturated rings. The minimum atomic E-state index is -0.476. The highest BCUT2D eigenvalue weighted by Gasteiger charge is 2.20. The molecule has 0 saturated heterocycles. The van der Waals surface area contributed by atoms with Crippen molar-refractivity contribution in [2.75, 3.05) is 0 Å². The van der Waals surface area contributed by atoms with Crippen LogP contribution < -0.4 is 10.6 Å². The first kappa shape index (κ1) is 27.3. The fourth-order valence-electron chi connectivity index (χ4n) is 3.97. The van der Waals surface area contributed by atoms with E-state index in [0.29, 0.717) is 25.7 Å². The van der Waals surface area contributed by atoms with Gasteiger partial charge in [-0.05, 0) is 36.8 Å². The van der Waals surface area contributed by atoms with E-state index in [9.17, 15) is 9.59 Å². The van der Waals surface area contributed by atoms with Crippen LogP contribution in [0.4, 0.5) is 9.59 Å². The first-order valence-electron chi connectivity index (χ1n) is 12.3. The monoisotopic (exact) mass is 550 g/mol. The maximum atomic E-state index is 12.6. The van der Waals surface area contributed by atoms with Crippen LogP contribution in [0, 0.1) is 0 Å². The van der Waals surface area contributed by atoms with E-state index in [1.165, 1.54) is 22.7 Å². The number of carbonyl (C=O) groups excluding carboxylic acids is 2. The number of benzene rings is 2. The van der Waals surface area contributed by atoms with Gasteiger partial charge >= 0.3 is 12.2 Å². The highest BCUT2D eigenvalue weighted by atomic mass is 32.1. The predicted octanol–water partition coefficient (Wildman–Crippen LogP) is 5.76. The van der Waals surface area contributed by atoms with Gasteiger partial charge in [0.05, 0.1) is 20.8 Å². The fraction of sp³-hybridized carbons (Fsp3) is 0.286. The third-order valence-corrected chi connectivity index (χ3v) is 7.32. The van der Waals surface area contributed by atoms with Crippen molar-refractivity contribution >= 4 is 34.9 Å². The molecule has 38 heavy (non-hydrogen) atoms. The highest BCUT2D eigenvalue weighted by Crippen LogP contribution is 2.15. The van der Waals surface area contributed by atoms with Crippen LogP contribution in [0.15, 0.2) is 84.1 Å². The van der Waals surface area contributed by atoms with Crippen LogP contribution in [0.1, 0.15) is 33.7 Å². The maximum Gasteiger partial charge on any atom is 0.407 e. The molecular formula is C28H30N4O4S2. The van der Waals surface area contributed by atoms with Gasteiger partial charge in [-0.3, -0.25) is 9.97 Å². The summed E-state index contributed by atoms with van der Waals surface area (Å²) in [5.41, 5.74) is 5.63. The van der Waals surface area contributed by atoms with Gasteiger partial charge in [0.1, 0.15) is 13.2 Å². The zero-order valence-electron chi connectivity index (χ0n) is 20.8. The van der Waals surface area contributed by atoms with Crippen molar-refractivity contribution in [2.45, 2.75) is 51.0 Å². The van der Waals surface area contributed by atoms with Gasteiger partial charge < -0.3 is 20.1 Å². The Labute approximate surface area is 230 Å². The van der Waals surface area contributed by atoms with E-state index in [1.807, 2.05) is 60.7 Å². The molecule has 0 radical (unpaired) electrons. The lowest BCUT2D eigenvalue weighted by molar-refractivity contribution is 0.132. The van der Waals surface area contributed by atoms with Gasteiger partial charge in [-0.1, -0.05) is 60.7 Å². The molecule has 2 amide bonds. The second-order valence-electron chi connectivity index (χ2n) is 8.73. The summed E-state index contributed by atoms with van der Waals surface area (Å²) in [6.45, 7) is 0.358. The van der Waals surface area contributed by atoms with Crippen LogP contribution in [0.2, 0.25) is 0 Å². The van der Waals surface area contributed by atoms with E-state index < -0.39 is 12.2 Å². The molecule has 0 unspecified atom stereocenters. The van der Waals surface area contributed by atoms with Crippen LogP contribution in [-0.2, 0) is 35.5 Å². The second-order valence-corrected chi connectivity index (χ2v) is 10.7. The lowest BCUT2D eigenvalue weighted by Crippen LogP contribution is -2.41. The number of carbonyl (C=O) groups is 2. The lowest BCUT2D eigenvalue weighted by atomic mass is 9.96. The van der Waals surface area contributed by atoms with Crippen LogP contribution in [-0.4, -0.2) is 34.2 Å². The van der Waals surface area contributed by atoms with Gasteiger partial charge in [-0.25, -0.2) is 9.59 Å². The minimum Gasteiger partial charge on any atom is -0.444 e. The molecule has 10 heteroatoms. The third-order valence-electron chi connectivity index (χ3n) is 5.82. The molecule has 2 aromatic carbocycles. The molecule has 0 aliphatic carbocycles. The second kappa shape index (κ2) is 14.8. The van der Waals surface area contributed by atoms with Gasteiger partial charge in [0, 0.05) is 24.5 Å². The largest absolute Gasteiger partial charge is 0.444 e. The molecule has 4 rings (SSSR count). The van der Waals surface area contributed by atoms with E-state index in [-0.39, 0.29) is 25.3 Å². The number of amides is 2. The Morgan fingerprint density at radius 3 is 1.47 bits per heavy atom. The van der Waals surface area contributed by atoms with Crippen LogP contribution in [0.5, 0.6) is 0 Å². The normalized spacial score (nSPS) is 12.3. The van der Waals surface area contributed by atoms with Crippen molar-refractivity contribution in [3.63, 3.8) is 0 Å². The van der Waals surface area contributed by atoms with E-state index >= 15 is 0 Å². The van der Waals surface area contributed by atoms with Gasteiger partial charge in [0.2, 0.25) is 0 Å². The number of alkyl carbamates (subject to hydrolysis) is 2. The summed E-state index contributed by atoms with van der Waals surface area (Å²) in [5, 5.41) is 6.04. The number of ether oxygens (including phenoxy) is 2. The van der Waals surface area contributed by atoms with Crippen molar-refractivity contribution in [1.82, 2.24) is 20.6 Å². The average Bonchev–Trinajstić information content (AvgIpc) is 3.65. The van der Waals surface area contributed by atoms with E-state index in [2.05, 4.69) is 20.6 Å². The summed E-state index contributed by atoms with van der Waals surface area (Å²) in [7, 11) is 0. The van der Waals surface area contributed by atoms with E-state index in [1.54, 1.807) is 23.4 Å². The molecule has 198 valence electrons. The molecule has 2 aromatic heterocycles. The Morgan fingerprint density at radius 1 is 0.684 bits per heavy atom. The van der Waals surface area contributed by atoms with Gasteiger partial charge in [-0.15, -0.1) is 22.7 Å². The molecule has 0 aliphatic rings. The molecule has 0 aliphatic heterocycles. The smallest absolute Gasteiger partial charge is 0.407 e. The number of aromatic nitrogens is 2. The van der Waals surface area contributed by atoms with Crippen molar-refractivity contribution in [3.05, 3.63) is 105 Å². The zero-order chi connectivity index (χ0) is 26.4. The molecule has 2 atom stereocenters.